The maximum Gasteiger partial charge on any atom is 0.271 e. The van der Waals surface area contributed by atoms with E-state index in [9.17, 15) is 9.59 Å². The standard InChI is InChI=1S/C8H11N5O2/c9-6-4-11-3-5(13-6)8(15)12-2-1-7(10)14/h3-4H,1-2H2,(H2,9,13)(H2,10,14)(H,12,15). The van der Waals surface area contributed by atoms with E-state index < -0.39 is 11.8 Å². The topological polar surface area (TPSA) is 124 Å². The monoisotopic (exact) mass is 209 g/mol. The third-order valence-corrected chi connectivity index (χ3v) is 1.54. The summed E-state index contributed by atoms with van der Waals surface area (Å²) in [6, 6.07) is 0. The number of nitrogen functional groups attached to an aromatic ring is 1. The van der Waals surface area contributed by atoms with Gasteiger partial charge in [0.1, 0.15) is 11.5 Å². The minimum Gasteiger partial charge on any atom is -0.382 e. The Bertz CT molecular complexity index is 379. The molecule has 0 radical (unpaired) electrons. The Kier molecular flexibility index (Phi) is 3.55. The van der Waals surface area contributed by atoms with E-state index in [1.807, 2.05) is 0 Å². The van der Waals surface area contributed by atoms with Crippen LogP contribution in [0.1, 0.15) is 16.9 Å². The van der Waals surface area contributed by atoms with Crippen LogP contribution in [0.5, 0.6) is 0 Å². The molecule has 0 aliphatic heterocycles. The molecule has 1 aromatic heterocycles. The first-order valence-electron chi connectivity index (χ1n) is 4.23. The summed E-state index contributed by atoms with van der Waals surface area (Å²) in [6.07, 6.45) is 2.71. The van der Waals surface area contributed by atoms with Gasteiger partial charge in [-0.15, -0.1) is 0 Å². The zero-order chi connectivity index (χ0) is 11.3. The Morgan fingerprint density at radius 1 is 1.40 bits per heavy atom. The van der Waals surface area contributed by atoms with Crippen LogP contribution >= 0.6 is 0 Å². The Balaban J connectivity index is 2.50. The number of nitrogens with zero attached hydrogens (tertiary/aromatic N) is 2. The second-order valence-electron chi connectivity index (χ2n) is 2.80. The summed E-state index contributed by atoms with van der Waals surface area (Å²) in [7, 11) is 0. The minimum atomic E-state index is -0.478. The molecule has 0 fully saturated rings. The molecule has 80 valence electrons. The van der Waals surface area contributed by atoms with Gasteiger partial charge in [0.15, 0.2) is 0 Å². The van der Waals surface area contributed by atoms with Gasteiger partial charge in [0, 0.05) is 13.0 Å². The molecule has 2 amide bonds. The maximum absolute atomic E-state index is 11.4. The Morgan fingerprint density at radius 3 is 2.73 bits per heavy atom. The van der Waals surface area contributed by atoms with Crippen LogP contribution in [0.15, 0.2) is 12.4 Å². The van der Waals surface area contributed by atoms with Crippen molar-refractivity contribution in [2.75, 3.05) is 12.3 Å². The van der Waals surface area contributed by atoms with Crippen molar-refractivity contribution in [2.45, 2.75) is 6.42 Å². The molecule has 1 rings (SSSR count). The molecule has 0 aliphatic carbocycles. The molecular weight excluding hydrogens is 198 g/mol. The summed E-state index contributed by atoms with van der Waals surface area (Å²) in [5.74, 6) is -0.748. The van der Waals surface area contributed by atoms with Crippen LogP contribution in [0, 0.1) is 0 Å². The lowest BCUT2D eigenvalue weighted by Crippen LogP contribution is -2.28. The van der Waals surface area contributed by atoms with Crippen molar-refractivity contribution >= 4 is 17.6 Å². The van der Waals surface area contributed by atoms with E-state index in [0.29, 0.717) is 0 Å². The highest BCUT2D eigenvalue weighted by Gasteiger charge is 2.07. The van der Waals surface area contributed by atoms with Gasteiger partial charge in [-0.1, -0.05) is 0 Å². The van der Waals surface area contributed by atoms with Gasteiger partial charge in [0.2, 0.25) is 5.91 Å². The lowest BCUT2D eigenvalue weighted by molar-refractivity contribution is -0.117. The minimum absolute atomic E-state index is 0.0848. The van der Waals surface area contributed by atoms with Crippen molar-refractivity contribution in [3.63, 3.8) is 0 Å². The summed E-state index contributed by atoms with van der Waals surface area (Å²) in [5, 5.41) is 2.46. The SMILES string of the molecule is NC(=O)CCNC(=O)c1cncc(N)n1. The molecule has 0 aliphatic rings. The van der Waals surface area contributed by atoms with Crippen LogP contribution in [0.2, 0.25) is 0 Å². The van der Waals surface area contributed by atoms with E-state index in [-0.39, 0.29) is 24.5 Å². The molecule has 15 heavy (non-hydrogen) atoms. The highest BCUT2D eigenvalue weighted by atomic mass is 16.2. The number of primary amides is 1. The smallest absolute Gasteiger partial charge is 0.271 e. The largest absolute Gasteiger partial charge is 0.382 e. The van der Waals surface area contributed by atoms with Crippen LogP contribution in [0.3, 0.4) is 0 Å². The van der Waals surface area contributed by atoms with Gasteiger partial charge in [0.05, 0.1) is 12.4 Å². The fourth-order valence-electron chi connectivity index (χ4n) is 0.880. The summed E-state index contributed by atoms with van der Waals surface area (Å²) >= 11 is 0. The van der Waals surface area contributed by atoms with Gasteiger partial charge in [-0.25, -0.2) is 4.98 Å². The molecule has 0 saturated heterocycles. The molecule has 1 aromatic rings. The van der Waals surface area contributed by atoms with Crippen molar-refractivity contribution in [1.82, 2.24) is 15.3 Å². The zero-order valence-corrected chi connectivity index (χ0v) is 7.93. The highest BCUT2D eigenvalue weighted by molar-refractivity contribution is 5.92. The number of carbonyl (C=O) groups is 2. The first-order chi connectivity index (χ1) is 7.09. The molecule has 1 heterocycles. The van der Waals surface area contributed by atoms with Crippen molar-refractivity contribution in [1.29, 1.82) is 0 Å². The molecular formula is C8H11N5O2. The van der Waals surface area contributed by atoms with Crippen LogP contribution in [0.4, 0.5) is 5.82 Å². The summed E-state index contributed by atoms with van der Waals surface area (Å²) in [4.78, 5) is 29.2. The molecule has 0 unspecified atom stereocenters. The fraction of sp³-hybridized carbons (Fsp3) is 0.250. The van der Waals surface area contributed by atoms with E-state index >= 15 is 0 Å². The first kappa shape index (κ1) is 10.9. The number of hydrogen-bond acceptors (Lipinski definition) is 5. The summed E-state index contributed by atoms with van der Waals surface area (Å²) in [5.41, 5.74) is 10.4. The predicted molar refractivity (Wildman–Crippen MR) is 52.6 cm³/mol. The quantitative estimate of drug-likeness (QED) is 0.566. The van der Waals surface area contributed by atoms with E-state index in [4.69, 9.17) is 11.5 Å². The van der Waals surface area contributed by atoms with Crippen molar-refractivity contribution in [3.05, 3.63) is 18.1 Å². The molecule has 5 N–H and O–H groups in total. The lowest BCUT2D eigenvalue weighted by atomic mass is 10.3. The number of hydrogen-bond donors (Lipinski definition) is 3. The lowest BCUT2D eigenvalue weighted by Gasteiger charge is -2.02. The van der Waals surface area contributed by atoms with Crippen molar-refractivity contribution < 1.29 is 9.59 Å². The van der Waals surface area contributed by atoms with Gasteiger partial charge in [-0.2, -0.15) is 0 Å². The predicted octanol–water partition coefficient (Wildman–Crippen LogP) is -1.34. The zero-order valence-electron chi connectivity index (χ0n) is 7.93. The number of rotatable bonds is 4. The average molecular weight is 209 g/mol. The first-order valence-corrected chi connectivity index (χ1v) is 4.23. The van der Waals surface area contributed by atoms with E-state index in [0.717, 1.165) is 0 Å². The molecule has 0 aromatic carbocycles. The van der Waals surface area contributed by atoms with Gasteiger partial charge in [-0.05, 0) is 0 Å². The Morgan fingerprint density at radius 2 is 2.13 bits per heavy atom. The molecule has 7 nitrogen and oxygen atoms in total. The summed E-state index contributed by atoms with van der Waals surface area (Å²) < 4.78 is 0. The molecule has 7 heteroatoms. The molecule has 0 spiro atoms. The Hall–Kier alpha value is -2.18. The van der Waals surface area contributed by atoms with Gasteiger partial charge >= 0.3 is 0 Å². The fourth-order valence-corrected chi connectivity index (χ4v) is 0.880. The number of nitrogens with two attached hydrogens (primary N) is 2. The van der Waals surface area contributed by atoms with Crippen molar-refractivity contribution in [2.24, 2.45) is 5.73 Å². The normalized spacial score (nSPS) is 9.60. The number of carbonyl (C=O) groups excluding carboxylic acids is 2. The van der Waals surface area contributed by atoms with Crippen LogP contribution < -0.4 is 16.8 Å². The second kappa shape index (κ2) is 4.89. The van der Waals surface area contributed by atoms with E-state index in [2.05, 4.69) is 15.3 Å². The van der Waals surface area contributed by atoms with E-state index in [1.165, 1.54) is 12.4 Å². The average Bonchev–Trinajstić information content (AvgIpc) is 2.17. The maximum atomic E-state index is 11.4. The number of aromatic nitrogens is 2. The molecule has 0 bridgehead atoms. The third-order valence-electron chi connectivity index (χ3n) is 1.54. The number of amides is 2. The van der Waals surface area contributed by atoms with Gasteiger partial charge in [0.25, 0.3) is 5.91 Å². The second-order valence-corrected chi connectivity index (χ2v) is 2.80. The van der Waals surface area contributed by atoms with E-state index in [1.54, 1.807) is 0 Å². The van der Waals surface area contributed by atoms with Crippen molar-refractivity contribution in [3.8, 4) is 0 Å². The highest BCUT2D eigenvalue weighted by Crippen LogP contribution is 1.96. The molecule has 0 saturated carbocycles. The summed E-state index contributed by atoms with van der Waals surface area (Å²) in [6.45, 7) is 0.171. The molecule has 0 atom stereocenters. The Labute approximate surface area is 85.9 Å². The third kappa shape index (κ3) is 3.59. The number of anilines is 1. The van der Waals surface area contributed by atoms with Crippen LogP contribution in [0.25, 0.3) is 0 Å². The van der Waals surface area contributed by atoms with Gasteiger partial charge < -0.3 is 16.8 Å². The van der Waals surface area contributed by atoms with Crippen LogP contribution in [-0.4, -0.2) is 28.3 Å². The number of nitrogens with one attached hydrogen (secondary N) is 1. The van der Waals surface area contributed by atoms with Gasteiger partial charge in [-0.3, -0.25) is 14.6 Å². The van der Waals surface area contributed by atoms with Crippen LogP contribution in [-0.2, 0) is 4.79 Å².